The maximum absolute atomic E-state index is 12.7. The van der Waals surface area contributed by atoms with Crippen LogP contribution in [0.2, 0.25) is 0 Å². The number of amides is 1. The topological polar surface area (TPSA) is 59.1 Å². The number of hydrogen-bond donors (Lipinski definition) is 1. The second-order valence-corrected chi connectivity index (χ2v) is 7.97. The lowest BCUT2D eigenvalue weighted by Crippen LogP contribution is -2.30. The average molecular weight is 374 g/mol. The lowest BCUT2D eigenvalue weighted by molar-refractivity contribution is 0.0982. The van der Waals surface area contributed by atoms with Gasteiger partial charge in [0, 0.05) is 28.4 Å². The maximum atomic E-state index is 12.7. The maximum Gasteiger partial charge on any atom is 0.264 e. The van der Waals surface area contributed by atoms with Crippen molar-refractivity contribution in [3.8, 4) is 11.8 Å². The average Bonchev–Trinajstić information content (AvgIpc) is 2.68. The van der Waals surface area contributed by atoms with Crippen molar-refractivity contribution in [2.24, 2.45) is 0 Å². The first-order valence-electron chi connectivity index (χ1n) is 8.23. The number of nitrogens with zero attached hydrogens (tertiary/aromatic N) is 1. The normalized spacial score (nSPS) is 12.3. The molecule has 0 saturated heterocycles. The van der Waals surface area contributed by atoms with Crippen molar-refractivity contribution < 1.29 is 9.00 Å². The fourth-order valence-corrected chi connectivity index (χ4v) is 3.52. The highest BCUT2D eigenvalue weighted by Gasteiger charge is 2.13. The monoisotopic (exact) mass is 374 g/mol. The number of rotatable bonds is 3. The summed E-state index contributed by atoms with van der Waals surface area (Å²) >= 11 is 0. The molecule has 2 aromatic carbocycles. The molecule has 0 bridgehead atoms. The third-order valence-electron chi connectivity index (χ3n) is 3.87. The summed E-state index contributed by atoms with van der Waals surface area (Å²) in [7, 11) is -2.94. The first kappa shape index (κ1) is 18.4. The number of carbonyl (C=O) groups excluding carboxylic acids is 1. The summed E-state index contributed by atoms with van der Waals surface area (Å²) in [5.74, 6) is 9.24. The van der Waals surface area contributed by atoms with Crippen LogP contribution in [0, 0.1) is 18.8 Å². The zero-order valence-corrected chi connectivity index (χ0v) is 15.6. The molecule has 134 valence electrons. The highest BCUT2D eigenvalue weighted by molar-refractivity contribution is 7.99. The van der Waals surface area contributed by atoms with Gasteiger partial charge in [-0.05, 0) is 42.6 Å². The molecule has 4 nitrogen and oxygen atoms in total. The van der Waals surface area contributed by atoms with Crippen molar-refractivity contribution in [3.05, 3.63) is 95.3 Å². The molecule has 1 N–H and O–H groups in total. The molecular weight excluding hydrogens is 356 g/mol. The Labute approximate surface area is 159 Å². The van der Waals surface area contributed by atoms with E-state index in [9.17, 15) is 9.00 Å². The first-order chi connectivity index (χ1) is 13.0. The number of aromatic nitrogens is 1. The lowest BCUT2D eigenvalue weighted by Gasteiger charge is -2.11. The van der Waals surface area contributed by atoms with Gasteiger partial charge in [0.25, 0.3) is 5.91 Å². The molecule has 5 heteroatoms. The molecule has 0 aliphatic heterocycles. The molecule has 3 rings (SSSR count). The predicted octanol–water partition coefficient (Wildman–Crippen LogP) is 3.21. The van der Waals surface area contributed by atoms with Gasteiger partial charge in [-0.3, -0.25) is 14.5 Å². The van der Waals surface area contributed by atoms with E-state index in [2.05, 4.69) is 27.4 Å². The number of nitrogens with one attached hydrogen (secondary N) is 1. The van der Waals surface area contributed by atoms with Crippen LogP contribution in [0.5, 0.6) is 0 Å². The van der Waals surface area contributed by atoms with Gasteiger partial charge in [-0.15, -0.1) is 0 Å². The molecule has 0 saturated carbocycles. The van der Waals surface area contributed by atoms with Gasteiger partial charge < -0.3 is 0 Å². The zero-order valence-electron chi connectivity index (χ0n) is 14.8. The van der Waals surface area contributed by atoms with Crippen molar-refractivity contribution in [1.29, 1.82) is 0 Å². The standard InChI is InChI=1S/C22H18N2O2S/c1-17-8-6-7-9-19(17)13-12-18-14-20(16-23-15-18)22(25)24-27(2,26)21-10-4-3-5-11-21/h3-11,14-16H,2H2,1H3,(H,24,25,26). The molecule has 3 aromatic rings. The molecule has 0 aliphatic carbocycles. The first-order valence-corrected chi connectivity index (χ1v) is 9.95. The highest BCUT2D eigenvalue weighted by atomic mass is 32.2. The van der Waals surface area contributed by atoms with Crippen LogP contribution in [-0.2, 0) is 9.71 Å². The van der Waals surface area contributed by atoms with Gasteiger partial charge >= 0.3 is 0 Å². The molecule has 1 unspecified atom stereocenters. The van der Waals surface area contributed by atoms with Crippen LogP contribution in [0.4, 0.5) is 0 Å². The quantitative estimate of drug-likeness (QED) is 0.566. The summed E-state index contributed by atoms with van der Waals surface area (Å²) in [5.41, 5.74) is 2.86. The number of pyridine rings is 1. The third-order valence-corrected chi connectivity index (χ3v) is 5.42. The van der Waals surface area contributed by atoms with E-state index in [4.69, 9.17) is 0 Å². The highest BCUT2D eigenvalue weighted by Crippen LogP contribution is 2.10. The molecule has 1 atom stereocenters. The number of aryl methyl sites for hydroxylation is 1. The van der Waals surface area contributed by atoms with Gasteiger partial charge in [0.15, 0.2) is 0 Å². The molecule has 1 heterocycles. The SMILES string of the molecule is C=S(=O)(NC(=O)c1cncc(C#Cc2ccccc2C)c1)c1ccccc1. The molecule has 0 fully saturated rings. The van der Waals surface area contributed by atoms with Crippen molar-refractivity contribution in [2.75, 3.05) is 0 Å². The van der Waals surface area contributed by atoms with E-state index in [1.807, 2.05) is 31.2 Å². The van der Waals surface area contributed by atoms with Gasteiger partial charge in [-0.1, -0.05) is 48.2 Å². The second-order valence-electron chi connectivity index (χ2n) is 5.95. The number of hydrogen-bond acceptors (Lipinski definition) is 3. The van der Waals surface area contributed by atoms with Crippen LogP contribution < -0.4 is 4.72 Å². The lowest BCUT2D eigenvalue weighted by atomic mass is 10.1. The predicted molar refractivity (Wildman–Crippen MR) is 109 cm³/mol. The summed E-state index contributed by atoms with van der Waals surface area (Å²) < 4.78 is 15.2. The van der Waals surface area contributed by atoms with E-state index >= 15 is 0 Å². The van der Waals surface area contributed by atoms with Gasteiger partial charge in [0.2, 0.25) is 0 Å². The van der Waals surface area contributed by atoms with Gasteiger partial charge in [-0.2, -0.15) is 0 Å². The minimum absolute atomic E-state index is 0.277. The summed E-state index contributed by atoms with van der Waals surface area (Å²) in [6, 6.07) is 18.0. The Bertz CT molecular complexity index is 1140. The number of benzene rings is 2. The Hall–Kier alpha value is -3.36. The van der Waals surface area contributed by atoms with E-state index in [0.29, 0.717) is 10.5 Å². The van der Waals surface area contributed by atoms with E-state index in [1.54, 1.807) is 42.6 Å². The molecular formula is C22H18N2O2S. The second kappa shape index (κ2) is 7.90. The Morgan fingerprint density at radius 1 is 1.04 bits per heavy atom. The minimum Gasteiger partial charge on any atom is -0.275 e. The third kappa shape index (κ3) is 4.63. The van der Waals surface area contributed by atoms with Crippen molar-refractivity contribution in [3.63, 3.8) is 0 Å². The minimum atomic E-state index is -2.94. The number of carbonyl (C=O) groups is 1. The van der Waals surface area contributed by atoms with Crippen molar-refractivity contribution in [2.45, 2.75) is 11.8 Å². The van der Waals surface area contributed by atoms with E-state index in [-0.39, 0.29) is 5.56 Å². The van der Waals surface area contributed by atoms with E-state index in [1.165, 1.54) is 6.20 Å². The Balaban J connectivity index is 1.82. The molecule has 1 amide bonds. The molecule has 0 aliphatic rings. The summed E-state index contributed by atoms with van der Waals surface area (Å²) in [6.45, 7) is 1.99. The van der Waals surface area contributed by atoms with Gasteiger partial charge in [0.1, 0.15) is 0 Å². The van der Waals surface area contributed by atoms with E-state index in [0.717, 1.165) is 11.1 Å². The fourth-order valence-electron chi connectivity index (χ4n) is 2.39. The van der Waals surface area contributed by atoms with Crippen LogP contribution in [0.3, 0.4) is 0 Å². The van der Waals surface area contributed by atoms with Crippen LogP contribution in [-0.4, -0.2) is 21.0 Å². The van der Waals surface area contributed by atoms with Crippen molar-refractivity contribution in [1.82, 2.24) is 9.71 Å². The summed E-state index contributed by atoms with van der Waals surface area (Å²) in [4.78, 5) is 17.0. The molecule has 0 spiro atoms. The largest absolute Gasteiger partial charge is 0.275 e. The van der Waals surface area contributed by atoms with Crippen LogP contribution >= 0.6 is 0 Å². The Morgan fingerprint density at radius 3 is 2.48 bits per heavy atom. The molecule has 1 aromatic heterocycles. The zero-order chi connectivity index (χ0) is 19.3. The molecule has 27 heavy (non-hydrogen) atoms. The van der Waals surface area contributed by atoms with Crippen LogP contribution in [0.1, 0.15) is 27.0 Å². The van der Waals surface area contributed by atoms with E-state index < -0.39 is 15.6 Å². The Morgan fingerprint density at radius 2 is 1.74 bits per heavy atom. The van der Waals surface area contributed by atoms with Crippen LogP contribution in [0.25, 0.3) is 0 Å². The van der Waals surface area contributed by atoms with Crippen LogP contribution in [0.15, 0.2) is 78.0 Å². The summed E-state index contributed by atoms with van der Waals surface area (Å²) in [5, 5.41) is 0. The summed E-state index contributed by atoms with van der Waals surface area (Å²) in [6.07, 6.45) is 3.00. The van der Waals surface area contributed by atoms with Gasteiger partial charge in [-0.25, -0.2) is 4.21 Å². The van der Waals surface area contributed by atoms with Gasteiger partial charge in [0.05, 0.1) is 15.3 Å². The fraction of sp³-hybridized carbons (Fsp3) is 0.0455. The smallest absolute Gasteiger partial charge is 0.264 e. The van der Waals surface area contributed by atoms with Crippen molar-refractivity contribution >= 4 is 21.5 Å². The Kier molecular flexibility index (Phi) is 5.39. The molecule has 0 radical (unpaired) electrons.